The maximum absolute atomic E-state index is 12.6. The molecular formula is C15H18F3IO3S. The Morgan fingerprint density at radius 1 is 1.22 bits per heavy atom. The minimum absolute atomic E-state index is 0.0850. The molecule has 0 aliphatic carbocycles. The molecule has 23 heavy (non-hydrogen) atoms. The minimum atomic E-state index is -4.57. The van der Waals surface area contributed by atoms with Crippen LogP contribution in [-0.4, -0.2) is 31.4 Å². The third-order valence-corrected chi connectivity index (χ3v) is 6.15. The van der Waals surface area contributed by atoms with E-state index in [4.69, 9.17) is 0 Å². The van der Waals surface area contributed by atoms with Crippen molar-refractivity contribution >= 4 is 38.2 Å². The molecule has 8 heteroatoms. The van der Waals surface area contributed by atoms with Gasteiger partial charge in [0.15, 0.2) is 15.6 Å². The van der Waals surface area contributed by atoms with Crippen molar-refractivity contribution in [1.29, 1.82) is 0 Å². The fourth-order valence-corrected chi connectivity index (χ4v) is 4.21. The lowest BCUT2D eigenvalue weighted by molar-refractivity contribution is -0.134. The molecule has 0 bridgehead atoms. The number of Topliss-reactive ketones (excluding diaryl/α,β-unsaturated/α-hetero) is 1. The molecule has 0 saturated carbocycles. The second kappa shape index (κ2) is 8.46. The summed E-state index contributed by atoms with van der Waals surface area (Å²) in [7, 11) is -4.16. The van der Waals surface area contributed by atoms with Gasteiger partial charge in [0.2, 0.25) is 0 Å². The van der Waals surface area contributed by atoms with Crippen LogP contribution in [0.2, 0.25) is 0 Å². The summed E-state index contributed by atoms with van der Waals surface area (Å²) in [4.78, 5) is 12.1. The zero-order valence-electron chi connectivity index (χ0n) is 12.6. The predicted molar refractivity (Wildman–Crippen MR) is 91.3 cm³/mol. The van der Waals surface area contributed by atoms with Crippen molar-refractivity contribution in [1.82, 2.24) is 0 Å². The number of hydrogen-bond donors (Lipinski definition) is 0. The highest BCUT2D eigenvalue weighted by Gasteiger charge is 2.38. The summed E-state index contributed by atoms with van der Waals surface area (Å²) in [6.07, 6.45) is -5.10. The van der Waals surface area contributed by atoms with Gasteiger partial charge in [-0.3, -0.25) is 4.79 Å². The molecule has 0 fully saturated rings. The van der Waals surface area contributed by atoms with Gasteiger partial charge in [0, 0.05) is 9.13 Å². The van der Waals surface area contributed by atoms with Crippen molar-refractivity contribution in [3.8, 4) is 0 Å². The molecule has 0 radical (unpaired) electrons. The molecule has 1 unspecified atom stereocenters. The van der Waals surface area contributed by atoms with Gasteiger partial charge in [-0.2, -0.15) is 13.2 Å². The second-order valence-corrected chi connectivity index (χ2v) is 8.85. The summed E-state index contributed by atoms with van der Waals surface area (Å²) >= 11 is 2.03. The van der Waals surface area contributed by atoms with Crippen LogP contribution in [0.25, 0.3) is 0 Å². The van der Waals surface area contributed by atoms with E-state index in [0.717, 1.165) is 3.57 Å². The number of hydrogen-bond acceptors (Lipinski definition) is 3. The van der Waals surface area contributed by atoms with Crippen LogP contribution in [0.3, 0.4) is 0 Å². The number of unbranched alkanes of at least 4 members (excludes halogenated alkanes) is 1. The van der Waals surface area contributed by atoms with Crippen molar-refractivity contribution in [2.24, 2.45) is 0 Å². The Labute approximate surface area is 147 Å². The Morgan fingerprint density at radius 2 is 1.78 bits per heavy atom. The first-order chi connectivity index (χ1) is 10.5. The van der Waals surface area contributed by atoms with Crippen molar-refractivity contribution in [2.75, 3.05) is 5.75 Å². The van der Waals surface area contributed by atoms with Gasteiger partial charge >= 0.3 is 6.18 Å². The van der Waals surface area contributed by atoms with Crippen LogP contribution in [0.5, 0.6) is 0 Å². The summed E-state index contributed by atoms with van der Waals surface area (Å²) in [5, 5.41) is -1.56. The number of rotatable bonds is 8. The fourth-order valence-electron chi connectivity index (χ4n) is 2.12. The molecule has 0 spiro atoms. The van der Waals surface area contributed by atoms with Crippen LogP contribution in [0, 0.1) is 3.57 Å². The number of carbonyl (C=O) groups excluding carboxylic acids is 1. The van der Waals surface area contributed by atoms with Gasteiger partial charge in [0.1, 0.15) is 5.75 Å². The van der Waals surface area contributed by atoms with E-state index >= 15 is 0 Å². The van der Waals surface area contributed by atoms with Gasteiger partial charge < -0.3 is 0 Å². The molecule has 0 aliphatic rings. The normalized spacial score (nSPS) is 13.8. The number of alkyl halides is 3. The van der Waals surface area contributed by atoms with Gasteiger partial charge in [-0.05, 0) is 41.1 Å². The average Bonchev–Trinajstić information content (AvgIpc) is 2.42. The molecule has 0 heterocycles. The first-order valence-corrected chi connectivity index (χ1v) is 9.91. The highest BCUT2D eigenvalue weighted by Crippen LogP contribution is 2.28. The van der Waals surface area contributed by atoms with E-state index in [1.165, 1.54) is 12.1 Å². The van der Waals surface area contributed by atoms with E-state index in [0.29, 0.717) is 12.8 Å². The highest BCUT2D eigenvalue weighted by atomic mass is 127. The molecule has 1 atom stereocenters. The largest absolute Gasteiger partial charge is 0.390 e. The van der Waals surface area contributed by atoms with Crippen molar-refractivity contribution < 1.29 is 26.4 Å². The van der Waals surface area contributed by atoms with Crippen LogP contribution >= 0.6 is 22.6 Å². The van der Waals surface area contributed by atoms with Crippen LogP contribution in [0.15, 0.2) is 24.3 Å². The Bertz CT molecular complexity index is 624. The maximum Gasteiger partial charge on any atom is 0.390 e. The van der Waals surface area contributed by atoms with Crippen LogP contribution in [0.1, 0.15) is 43.0 Å². The molecule has 1 aromatic carbocycles. The van der Waals surface area contributed by atoms with Crippen LogP contribution in [0.4, 0.5) is 13.2 Å². The van der Waals surface area contributed by atoms with Gasteiger partial charge in [0.25, 0.3) is 0 Å². The average molecular weight is 462 g/mol. The van der Waals surface area contributed by atoms with Crippen molar-refractivity contribution in [3.05, 3.63) is 33.4 Å². The number of halogens is 4. The SMILES string of the molecule is CCCCC(CC(F)(F)F)S(=O)(=O)CC(=O)c1ccc(I)cc1. The number of ketones is 1. The monoisotopic (exact) mass is 462 g/mol. The lowest BCUT2D eigenvalue weighted by Crippen LogP contribution is -2.32. The Balaban J connectivity index is 2.91. The first kappa shape index (κ1) is 20.4. The molecular weight excluding hydrogens is 444 g/mol. The quantitative estimate of drug-likeness (QED) is 0.425. The maximum atomic E-state index is 12.6. The number of benzene rings is 1. The van der Waals surface area contributed by atoms with E-state index < -0.39 is 39.2 Å². The van der Waals surface area contributed by atoms with Crippen LogP contribution in [-0.2, 0) is 9.84 Å². The lowest BCUT2D eigenvalue weighted by Gasteiger charge is -2.18. The van der Waals surface area contributed by atoms with Gasteiger partial charge in [-0.1, -0.05) is 31.9 Å². The molecule has 1 rings (SSSR count). The fraction of sp³-hybridized carbons (Fsp3) is 0.533. The molecule has 1 aromatic rings. The van der Waals surface area contributed by atoms with E-state index in [2.05, 4.69) is 0 Å². The number of carbonyl (C=O) groups is 1. The standard InChI is InChI=1S/C15H18F3IO3S/c1-2-3-4-13(9-15(16,17)18)23(21,22)10-14(20)11-5-7-12(19)8-6-11/h5-8,13H,2-4,9-10H2,1H3. The molecule has 3 nitrogen and oxygen atoms in total. The Kier molecular flexibility index (Phi) is 7.50. The smallest absolute Gasteiger partial charge is 0.293 e. The molecule has 130 valence electrons. The Morgan fingerprint density at radius 3 is 2.26 bits per heavy atom. The topological polar surface area (TPSA) is 51.2 Å². The summed E-state index contributed by atoms with van der Waals surface area (Å²) in [6.45, 7) is 1.77. The van der Waals surface area contributed by atoms with Gasteiger partial charge in [-0.15, -0.1) is 0 Å². The van der Waals surface area contributed by atoms with E-state index in [1.807, 2.05) is 22.6 Å². The van der Waals surface area contributed by atoms with E-state index in [-0.39, 0.29) is 12.0 Å². The molecule has 0 N–H and O–H groups in total. The number of sulfone groups is 1. The van der Waals surface area contributed by atoms with E-state index in [1.54, 1.807) is 19.1 Å². The summed E-state index contributed by atoms with van der Waals surface area (Å²) in [6, 6.07) is 6.24. The van der Waals surface area contributed by atoms with Gasteiger partial charge in [0.05, 0.1) is 11.7 Å². The second-order valence-electron chi connectivity index (χ2n) is 5.32. The predicted octanol–water partition coefficient (Wildman–Crippen LogP) is 4.40. The van der Waals surface area contributed by atoms with E-state index in [9.17, 15) is 26.4 Å². The third kappa shape index (κ3) is 7.19. The Hall–Kier alpha value is -0.640. The lowest BCUT2D eigenvalue weighted by atomic mass is 10.1. The third-order valence-electron chi connectivity index (χ3n) is 3.35. The van der Waals surface area contributed by atoms with Crippen molar-refractivity contribution in [3.63, 3.8) is 0 Å². The summed E-state index contributed by atoms with van der Waals surface area (Å²) in [5.41, 5.74) is 0.190. The van der Waals surface area contributed by atoms with Crippen LogP contribution < -0.4 is 0 Å². The highest BCUT2D eigenvalue weighted by molar-refractivity contribution is 14.1. The summed E-state index contributed by atoms with van der Waals surface area (Å²) in [5.74, 6) is -1.57. The minimum Gasteiger partial charge on any atom is -0.293 e. The first-order valence-electron chi connectivity index (χ1n) is 7.12. The molecule has 0 aromatic heterocycles. The van der Waals surface area contributed by atoms with Crippen molar-refractivity contribution in [2.45, 2.75) is 44.0 Å². The molecule has 0 amide bonds. The zero-order chi connectivity index (χ0) is 17.7. The molecule has 0 aliphatic heterocycles. The molecule has 0 saturated heterocycles. The summed E-state index contributed by atoms with van der Waals surface area (Å²) < 4.78 is 63.2. The van der Waals surface area contributed by atoms with Gasteiger partial charge in [-0.25, -0.2) is 8.42 Å². The zero-order valence-corrected chi connectivity index (χ0v) is 15.5.